The standard InChI is InChI=1S/C5H13N3O3S/c1-7(2)5(9)4-8(3)12(6,10)11/h4H2,1-3H3,(H2,6,10,11). The maximum absolute atomic E-state index is 11.0. The summed E-state index contributed by atoms with van der Waals surface area (Å²) >= 11 is 0. The molecular formula is C5H13N3O3S. The molecule has 6 nitrogen and oxygen atoms in total. The molecule has 0 spiro atoms. The molecule has 0 aliphatic heterocycles. The molecule has 0 fully saturated rings. The van der Waals surface area contributed by atoms with E-state index in [0.29, 0.717) is 0 Å². The number of carbonyl (C=O) groups excluding carboxylic acids is 1. The second-order valence-electron chi connectivity index (χ2n) is 2.59. The molecule has 2 N–H and O–H groups in total. The summed E-state index contributed by atoms with van der Waals surface area (Å²) < 4.78 is 22.0. The van der Waals surface area contributed by atoms with Crippen molar-refractivity contribution < 1.29 is 13.2 Å². The molecule has 0 aromatic rings. The highest BCUT2D eigenvalue weighted by atomic mass is 32.2. The Bertz CT molecular complexity index is 259. The van der Waals surface area contributed by atoms with Gasteiger partial charge in [0.2, 0.25) is 5.91 Å². The van der Waals surface area contributed by atoms with Crippen LogP contribution < -0.4 is 5.14 Å². The van der Waals surface area contributed by atoms with Gasteiger partial charge in [0.1, 0.15) is 0 Å². The van der Waals surface area contributed by atoms with E-state index in [0.717, 1.165) is 4.31 Å². The lowest BCUT2D eigenvalue weighted by molar-refractivity contribution is -0.128. The molecule has 0 saturated heterocycles. The van der Waals surface area contributed by atoms with Crippen molar-refractivity contribution in [3.8, 4) is 0 Å². The Hall–Kier alpha value is -0.660. The van der Waals surface area contributed by atoms with Gasteiger partial charge in [-0.25, -0.2) is 5.14 Å². The van der Waals surface area contributed by atoms with E-state index in [1.165, 1.54) is 11.9 Å². The van der Waals surface area contributed by atoms with Crippen molar-refractivity contribution in [2.45, 2.75) is 0 Å². The van der Waals surface area contributed by atoms with E-state index in [9.17, 15) is 13.2 Å². The van der Waals surface area contributed by atoms with Crippen LogP contribution in [0.1, 0.15) is 0 Å². The van der Waals surface area contributed by atoms with Gasteiger partial charge >= 0.3 is 0 Å². The molecule has 0 heterocycles. The van der Waals surface area contributed by atoms with Gasteiger partial charge in [0.15, 0.2) is 0 Å². The molecular weight excluding hydrogens is 182 g/mol. The number of nitrogens with two attached hydrogens (primary N) is 1. The molecule has 0 aromatic carbocycles. The molecule has 0 saturated carbocycles. The van der Waals surface area contributed by atoms with Gasteiger partial charge in [-0.15, -0.1) is 0 Å². The summed E-state index contributed by atoms with van der Waals surface area (Å²) in [4.78, 5) is 12.3. The summed E-state index contributed by atoms with van der Waals surface area (Å²) in [6.45, 7) is -0.230. The monoisotopic (exact) mass is 195 g/mol. The van der Waals surface area contributed by atoms with Gasteiger partial charge in [0, 0.05) is 21.1 Å². The first-order valence-electron chi connectivity index (χ1n) is 3.19. The van der Waals surface area contributed by atoms with Crippen molar-refractivity contribution >= 4 is 16.1 Å². The van der Waals surface area contributed by atoms with Crippen LogP contribution in [0.2, 0.25) is 0 Å². The van der Waals surface area contributed by atoms with Crippen LogP contribution in [0.5, 0.6) is 0 Å². The molecule has 0 unspecified atom stereocenters. The molecule has 0 aromatic heterocycles. The van der Waals surface area contributed by atoms with Gasteiger partial charge in [-0.1, -0.05) is 0 Å². The first-order valence-corrected chi connectivity index (χ1v) is 4.69. The van der Waals surface area contributed by atoms with Crippen LogP contribution in [0.4, 0.5) is 0 Å². The predicted molar refractivity (Wildman–Crippen MR) is 44.4 cm³/mol. The maximum Gasteiger partial charge on any atom is 0.277 e. The second-order valence-corrected chi connectivity index (χ2v) is 4.24. The summed E-state index contributed by atoms with van der Waals surface area (Å²) in [6, 6.07) is 0. The molecule has 0 rings (SSSR count). The number of hydrogen-bond acceptors (Lipinski definition) is 3. The molecule has 1 amide bonds. The van der Waals surface area contributed by atoms with Crippen LogP contribution in [-0.2, 0) is 15.0 Å². The van der Waals surface area contributed by atoms with Gasteiger partial charge < -0.3 is 4.90 Å². The SMILES string of the molecule is CN(C)C(=O)CN(C)S(N)(=O)=O. The first kappa shape index (κ1) is 11.3. The fourth-order valence-corrected chi connectivity index (χ4v) is 0.712. The van der Waals surface area contributed by atoms with Crippen LogP contribution in [0, 0.1) is 0 Å². The second kappa shape index (κ2) is 3.83. The van der Waals surface area contributed by atoms with Crippen molar-refractivity contribution in [3.63, 3.8) is 0 Å². The molecule has 0 bridgehead atoms. The Labute approximate surface area is 72.1 Å². The van der Waals surface area contributed by atoms with E-state index in [1.807, 2.05) is 0 Å². The zero-order valence-corrected chi connectivity index (χ0v) is 8.13. The minimum absolute atomic E-state index is 0.230. The molecule has 0 aliphatic carbocycles. The summed E-state index contributed by atoms with van der Waals surface area (Å²) in [6.07, 6.45) is 0. The van der Waals surface area contributed by atoms with Crippen molar-refractivity contribution in [1.29, 1.82) is 0 Å². The van der Waals surface area contributed by atoms with E-state index < -0.39 is 10.2 Å². The summed E-state index contributed by atoms with van der Waals surface area (Å²) in [5.74, 6) is -0.313. The molecule has 0 aliphatic rings. The number of rotatable bonds is 3. The largest absolute Gasteiger partial charge is 0.348 e. The average Bonchev–Trinajstić information content (AvgIpc) is 1.85. The lowest BCUT2D eigenvalue weighted by atomic mass is 10.5. The number of carbonyl (C=O) groups is 1. The Morgan fingerprint density at radius 3 is 2.00 bits per heavy atom. The van der Waals surface area contributed by atoms with E-state index in [-0.39, 0.29) is 12.5 Å². The highest BCUT2D eigenvalue weighted by molar-refractivity contribution is 7.86. The lowest BCUT2D eigenvalue weighted by Gasteiger charge is -2.16. The van der Waals surface area contributed by atoms with Gasteiger partial charge in [0.25, 0.3) is 10.2 Å². The average molecular weight is 195 g/mol. The van der Waals surface area contributed by atoms with Crippen LogP contribution >= 0.6 is 0 Å². The van der Waals surface area contributed by atoms with E-state index in [4.69, 9.17) is 5.14 Å². The van der Waals surface area contributed by atoms with Crippen molar-refractivity contribution in [1.82, 2.24) is 9.21 Å². The van der Waals surface area contributed by atoms with Crippen LogP contribution in [-0.4, -0.2) is 51.2 Å². The highest BCUT2D eigenvalue weighted by Gasteiger charge is 2.16. The quantitative estimate of drug-likeness (QED) is 0.577. The van der Waals surface area contributed by atoms with Crippen molar-refractivity contribution in [2.75, 3.05) is 27.7 Å². The number of amides is 1. The zero-order chi connectivity index (χ0) is 9.94. The minimum Gasteiger partial charge on any atom is -0.348 e. The van der Waals surface area contributed by atoms with E-state index in [2.05, 4.69) is 0 Å². The van der Waals surface area contributed by atoms with Crippen LogP contribution in [0.15, 0.2) is 0 Å². The number of nitrogens with zero attached hydrogens (tertiary/aromatic N) is 2. The summed E-state index contributed by atoms with van der Waals surface area (Å²) in [7, 11) is 0.583. The minimum atomic E-state index is -3.75. The Kier molecular flexibility index (Phi) is 3.62. The Morgan fingerprint density at radius 1 is 1.33 bits per heavy atom. The van der Waals surface area contributed by atoms with Gasteiger partial charge in [0.05, 0.1) is 6.54 Å². The fraction of sp³-hybridized carbons (Fsp3) is 0.800. The molecule has 0 atom stereocenters. The van der Waals surface area contributed by atoms with E-state index in [1.54, 1.807) is 14.1 Å². The smallest absolute Gasteiger partial charge is 0.277 e. The van der Waals surface area contributed by atoms with Gasteiger partial charge in [-0.3, -0.25) is 4.79 Å². The third-order valence-electron chi connectivity index (χ3n) is 1.29. The van der Waals surface area contributed by atoms with Crippen LogP contribution in [0.3, 0.4) is 0 Å². The van der Waals surface area contributed by atoms with E-state index >= 15 is 0 Å². The number of hydrogen-bond donors (Lipinski definition) is 1. The lowest BCUT2D eigenvalue weighted by Crippen LogP contribution is -2.40. The maximum atomic E-state index is 11.0. The molecule has 7 heteroatoms. The Morgan fingerprint density at radius 2 is 1.75 bits per heavy atom. The molecule has 0 radical (unpaired) electrons. The topological polar surface area (TPSA) is 83.7 Å². The predicted octanol–water partition coefficient (Wildman–Crippen LogP) is -1.79. The highest BCUT2D eigenvalue weighted by Crippen LogP contribution is 1.90. The van der Waals surface area contributed by atoms with Crippen LogP contribution in [0.25, 0.3) is 0 Å². The van der Waals surface area contributed by atoms with Crippen molar-refractivity contribution in [2.24, 2.45) is 5.14 Å². The van der Waals surface area contributed by atoms with Gasteiger partial charge in [-0.05, 0) is 0 Å². The first-order chi connectivity index (χ1) is 5.25. The fourth-order valence-electron chi connectivity index (χ4n) is 0.422. The van der Waals surface area contributed by atoms with Gasteiger partial charge in [-0.2, -0.15) is 12.7 Å². The normalized spacial score (nSPS) is 11.8. The Balaban J connectivity index is 4.21. The third kappa shape index (κ3) is 3.65. The third-order valence-corrected chi connectivity index (χ3v) is 2.29. The zero-order valence-electron chi connectivity index (χ0n) is 7.31. The van der Waals surface area contributed by atoms with Crippen molar-refractivity contribution in [3.05, 3.63) is 0 Å². The molecule has 72 valence electrons. The summed E-state index contributed by atoms with van der Waals surface area (Å²) in [5.41, 5.74) is 0. The number of likely N-dealkylation sites (N-methyl/N-ethyl adjacent to an activating group) is 2. The summed E-state index contributed by atoms with van der Waals surface area (Å²) in [5, 5.41) is 4.75. The molecule has 12 heavy (non-hydrogen) atoms.